The number of aromatic nitrogens is 2. The molecular weight excluding hydrogens is 514 g/mol. The fourth-order valence-corrected chi connectivity index (χ4v) is 5.11. The Morgan fingerprint density at radius 1 is 1.18 bits per heavy atom. The number of nitrogens with zero attached hydrogens (tertiary/aromatic N) is 5. The fourth-order valence-electron chi connectivity index (χ4n) is 5.11. The molecule has 40 heavy (non-hydrogen) atoms. The molecule has 2 aromatic rings. The lowest BCUT2D eigenvalue weighted by Gasteiger charge is -2.46. The molecule has 3 amide bonds. The topological polar surface area (TPSA) is 129 Å². The third-order valence-corrected chi connectivity index (χ3v) is 7.14. The van der Waals surface area contributed by atoms with Gasteiger partial charge in [0.2, 0.25) is 11.9 Å². The van der Waals surface area contributed by atoms with Crippen molar-refractivity contribution < 1.29 is 23.9 Å². The van der Waals surface area contributed by atoms with Crippen LogP contribution >= 0.6 is 0 Å². The van der Waals surface area contributed by atoms with E-state index in [4.69, 9.17) is 14.5 Å². The summed E-state index contributed by atoms with van der Waals surface area (Å²) in [5, 5.41) is 5.81. The second kappa shape index (κ2) is 11.6. The Bertz CT molecular complexity index is 1270. The van der Waals surface area contributed by atoms with Crippen molar-refractivity contribution in [3.05, 3.63) is 30.0 Å². The Labute approximate surface area is 235 Å². The number of benzene rings is 1. The number of methoxy groups -OCH3 is 1. The number of amides is 3. The molecule has 0 aliphatic carbocycles. The normalized spacial score (nSPS) is 17.8. The first kappa shape index (κ1) is 28.9. The Kier molecular flexibility index (Phi) is 8.36. The number of hydrogen-bond acceptors (Lipinski definition) is 9. The van der Waals surface area contributed by atoms with Gasteiger partial charge in [-0.25, -0.2) is 9.78 Å². The Hall–Kier alpha value is -4.09. The van der Waals surface area contributed by atoms with Crippen LogP contribution in [-0.2, 0) is 9.53 Å². The third-order valence-electron chi connectivity index (χ3n) is 7.14. The minimum atomic E-state index is -0.560. The van der Waals surface area contributed by atoms with E-state index in [-0.39, 0.29) is 30.0 Å². The number of fused-ring (bicyclic) bond motifs is 1. The number of ether oxygens (including phenoxy) is 2. The maximum atomic E-state index is 13.4. The second-order valence-corrected chi connectivity index (χ2v) is 10.9. The molecule has 2 aliphatic heterocycles. The quantitative estimate of drug-likeness (QED) is 0.552. The van der Waals surface area contributed by atoms with E-state index in [1.807, 2.05) is 27.7 Å². The van der Waals surface area contributed by atoms with Gasteiger partial charge in [0.05, 0.1) is 19.0 Å². The molecule has 12 heteroatoms. The van der Waals surface area contributed by atoms with Gasteiger partial charge in [-0.1, -0.05) is 6.92 Å². The van der Waals surface area contributed by atoms with E-state index in [0.717, 1.165) is 0 Å². The van der Waals surface area contributed by atoms with E-state index in [0.29, 0.717) is 66.8 Å². The van der Waals surface area contributed by atoms with Gasteiger partial charge in [0.25, 0.3) is 5.91 Å². The van der Waals surface area contributed by atoms with Crippen molar-refractivity contribution in [1.82, 2.24) is 20.2 Å². The molecule has 1 saturated heterocycles. The zero-order valence-corrected chi connectivity index (χ0v) is 24.3. The van der Waals surface area contributed by atoms with Gasteiger partial charge in [0, 0.05) is 38.8 Å². The standard InChI is InChI=1S/C28H39N7O5/c1-8-20-25(37)33(6)21-16-30-26(31-19-10-9-17(24(36)29-5)15-22(19)39-7)32-23(21)35(20)18-11-13-34(14-12-18)27(38)40-28(2,3)4/h9-10,15-16,18,20H,8,11-14H2,1-7H3,(H,29,36)(H,30,31,32)/t20-/m1/s1. The van der Waals surface area contributed by atoms with Gasteiger partial charge in [0.15, 0.2) is 5.82 Å². The molecule has 1 atom stereocenters. The van der Waals surface area contributed by atoms with Crippen LogP contribution in [0.1, 0.15) is 57.3 Å². The molecule has 2 N–H and O–H groups in total. The molecule has 0 bridgehead atoms. The van der Waals surface area contributed by atoms with Crippen LogP contribution in [0.4, 0.5) is 27.9 Å². The van der Waals surface area contributed by atoms with E-state index < -0.39 is 5.60 Å². The van der Waals surface area contributed by atoms with Crippen LogP contribution in [0.3, 0.4) is 0 Å². The van der Waals surface area contributed by atoms with Crippen LogP contribution in [-0.4, -0.2) is 84.8 Å². The molecule has 1 aromatic carbocycles. The number of carbonyl (C=O) groups excluding carboxylic acids is 3. The molecule has 0 radical (unpaired) electrons. The zero-order chi connectivity index (χ0) is 29.2. The number of hydrogen-bond donors (Lipinski definition) is 2. The number of rotatable bonds is 6. The highest BCUT2D eigenvalue weighted by Crippen LogP contribution is 2.39. The van der Waals surface area contributed by atoms with E-state index in [1.165, 1.54) is 7.11 Å². The summed E-state index contributed by atoms with van der Waals surface area (Å²) in [6.07, 6.45) is 3.28. The lowest BCUT2D eigenvalue weighted by Crippen LogP contribution is -2.58. The molecule has 4 rings (SSSR count). The average Bonchev–Trinajstić information content (AvgIpc) is 2.93. The summed E-state index contributed by atoms with van der Waals surface area (Å²) in [5.74, 6) is 1.22. The van der Waals surface area contributed by atoms with Crippen LogP contribution in [0.15, 0.2) is 24.4 Å². The van der Waals surface area contributed by atoms with Crippen molar-refractivity contribution in [1.29, 1.82) is 0 Å². The Morgan fingerprint density at radius 3 is 2.48 bits per heavy atom. The van der Waals surface area contributed by atoms with Crippen molar-refractivity contribution in [2.75, 3.05) is 49.4 Å². The van der Waals surface area contributed by atoms with Gasteiger partial charge in [-0.15, -0.1) is 0 Å². The summed E-state index contributed by atoms with van der Waals surface area (Å²) in [6.45, 7) is 8.60. The average molecular weight is 554 g/mol. The van der Waals surface area contributed by atoms with Crippen molar-refractivity contribution in [2.45, 2.75) is 64.6 Å². The van der Waals surface area contributed by atoms with Crippen molar-refractivity contribution >= 4 is 41.0 Å². The first-order valence-corrected chi connectivity index (χ1v) is 13.5. The van der Waals surface area contributed by atoms with E-state index >= 15 is 0 Å². The van der Waals surface area contributed by atoms with E-state index in [1.54, 1.807) is 48.3 Å². The lowest BCUT2D eigenvalue weighted by atomic mass is 9.97. The van der Waals surface area contributed by atoms with Gasteiger partial charge in [0.1, 0.15) is 23.1 Å². The number of anilines is 4. The van der Waals surface area contributed by atoms with Crippen LogP contribution in [0.2, 0.25) is 0 Å². The SMILES string of the molecule is CC[C@@H]1C(=O)N(C)c2cnc(Nc3ccc(C(=O)NC)cc3OC)nc2N1C1CCN(C(=O)OC(C)(C)C)CC1. The molecule has 0 saturated carbocycles. The number of likely N-dealkylation sites (N-methyl/N-ethyl adjacent to an activating group) is 1. The molecule has 1 aromatic heterocycles. The van der Waals surface area contributed by atoms with Crippen LogP contribution in [0, 0.1) is 0 Å². The maximum absolute atomic E-state index is 13.4. The van der Waals surface area contributed by atoms with Gasteiger partial charge in [-0.2, -0.15) is 4.98 Å². The molecule has 1 fully saturated rings. The van der Waals surface area contributed by atoms with Crippen LogP contribution < -0.4 is 25.2 Å². The van der Waals surface area contributed by atoms with Crippen molar-refractivity contribution in [3.8, 4) is 5.75 Å². The summed E-state index contributed by atoms with van der Waals surface area (Å²) in [4.78, 5) is 52.8. The minimum Gasteiger partial charge on any atom is -0.495 e. The first-order chi connectivity index (χ1) is 19.0. The van der Waals surface area contributed by atoms with Gasteiger partial charge in [-0.3, -0.25) is 9.59 Å². The fraction of sp³-hybridized carbons (Fsp3) is 0.536. The molecule has 0 spiro atoms. The number of likely N-dealkylation sites (tertiary alicyclic amines) is 1. The second-order valence-electron chi connectivity index (χ2n) is 10.9. The summed E-state index contributed by atoms with van der Waals surface area (Å²) in [7, 11) is 4.84. The predicted octanol–water partition coefficient (Wildman–Crippen LogP) is 3.55. The molecule has 3 heterocycles. The van der Waals surface area contributed by atoms with Gasteiger partial charge >= 0.3 is 6.09 Å². The predicted molar refractivity (Wildman–Crippen MR) is 152 cm³/mol. The highest BCUT2D eigenvalue weighted by molar-refractivity contribution is 6.04. The largest absolute Gasteiger partial charge is 0.495 e. The molecule has 0 unspecified atom stereocenters. The van der Waals surface area contributed by atoms with Crippen molar-refractivity contribution in [2.24, 2.45) is 0 Å². The van der Waals surface area contributed by atoms with Crippen LogP contribution in [0.25, 0.3) is 0 Å². The van der Waals surface area contributed by atoms with Gasteiger partial charge in [-0.05, 0) is 58.2 Å². The minimum absolute atomic E-state index is 0.00385. The lowest BCUT2D eigenvalue weighted by molar-refractivity contribution is -0.120. The third kappa shape index (κ3) is 5.90. The Balaban J connectivity index is 1.62. The van der Waals surface area contributed by atoms with Crippen molar-refractivity contribution in [3.63, 3.8) is 0 Å². The number of piperidine rings is 1. The number of nitrogens with one attached hydrogen (secondary N) is 2. The Morgan fingerprint density at radius 2 is 1.88 bits per heavy atom. The summed E-state index contributed by atoms with van der Waals surface area (Å²) in [5.41, 5.74) is 1.12. The first-order valence-electron chi connectivity index (χ1n) is 13.5. The highest BCUT2D eigenvalue weighted by atomic mass is 16.6. The summed E-state index contributed by atoms with van der Waals surface area (Å²) < 4.78 is 11.1. The summed E-state index contributed by atoms with van der Waals surface area (Å²) >= 11 is 0. The maximum Gasteiger partial charge on any atom is 0.410 e. The number of carbonyl (C=O) groups is 3. The molecule has 216 valence electrons. The molecule has 2 aliphatic rings. The smallest absolute Gasteiger partial charge is 0.410 e. The molecular formula is C28H39N7O5. The molecule has 12 nitrogen and oxygen atoms in total. The summed E-state index contributed by atoms with van der Waals surface area (Å²) in [6, 6.07) is 4.68. The van der Waals surface area contributed by atoms with E-state index in [2.05, 4.69) is 20.5 Å². The van der Waals surface area contributed by atoms with Crippen LogP contribution in [0.5, 0.6) is 5.75 Å². The monoisotopic (exact) mass is 553 g/mol. The zero-order valence-electron chi connectivity index (χ0n) is 24.3. The highest BCUT2D eigenvalue weighted by Gasteiger charge is 2.42. The van der Waals surface area contributed by atoms with Gasteiger partial charge < -0.3 is 34.8 Å². The van der Waals surface area contributed by atoms with E-state index in [9.17, 15) is 14.4 Å².